The van der Waals surface area contributed by atoms with Crippen LogP contribution in [0.1, 0.15) is 34.0 Å². The molecule has 210 valence electrons. The summed E-state index contributed by atoms with van der Waals surface area (Å²) in [6.45, 7) is 3.72. The van der Waals surface area contributed by atoms with Crippen LogP contribution in [-0.2, 0) is 17.5 Å². The van der Waals surface area contributed by atoms with E-state index in [1.807, 2.05) is 19.1 Å². The van der Waals surface area contributed by atoms with Gasteiger partial charge < -0.3 is 19.5 Å². The van der Waals surface area contributed by atoms with Gasteiger partial charge in [-0.05, 0) is 37.6 Å². The maximum atomic E-state index is 15.4. The number of carbonyl (C=O) groups is 1. The molecule has 2 aromatic heterocycles. The number of aromatic nitrogens is 4. The van der Waals surface area contributed by atoms with Crippen molar-refractivity contribution >= 4 is 17.3 Å². The smallest absolute Gasteiger partial charge is 0.421 e. The maximum Gasteiger partial charge on any atom is 0.421 e. The van der Waals surface area contributed by atoms with Gasteiger partial charge >= 0.3 is 12.1 Å². The SMILES string of the molecule is COC[C@@H](C)N(c1ccc(C)cc1)c1cc(F)c(Oc2ncc(Cn3nccn3)cc2C(F)(F)F)cc1C(=O)O. The summed E-state index contributed by atoms with van der Waals surface area (Å²) in [5.41, 5.74) is -0.0525. The molecule has 0 saturated heterocycles. The molecule has 2 aromatic carbocycles. The van der Waals surface area contributed by atoms with E-state index in [2.05, 4.69) is 15.2 Å². The summed E-state index contributed by atoms with van der Waals surface area (Å²) >= 11 is 0. The zero-order valence-corrected chi connectivity index (χ0v) is 21.7. The van der Waals surface area contributed by atoms with Crippen molar-refractivity contribution in [2.45, 2.75) is 32.6 Å². The van der Waals surface area contributed by atoms with Crippen molar-refractivity contribution in [2.24, 2.45) is 0 Å². The van der Waals surface area contributed by atoms with Gasteiger partial charge in [0, 0.05) is 31.1 Å². The van der Waals surface area contributed by atoms with Gasteiger partial charge in [-0.2, -0.15) is 28.2 Å². The molecule has 13 heteroatoms. The number of alkyl halides is 3. The van der Waals surface area contributed by atoms with Gasteiger partial charge in [0.2, 0.25) is 5.88 Å². The number of aromatic carboxylic acids is 1. The highest BCUT2D eigenvalue weighted by Crippen LogP contribution is 2.40. The molecule has 4 aromatic rings. The van der Waals surface area contributed by atoms with Gasteiger partial charge in [0.25, 0.3) is 0 Å². The quantitative estimate of drug-likeness (QED) is 0.242. The van der Waals surface area contributed by atoms with E-state index in [9.17, 15) is 23.1 Å². The molecule has 1 N–H and O–H groups in total. The van der Waals surface area contributed by atoms with Gasteiger partial charge in [0.05, 0.1) is 42.8 Å². The fourth-order valence-electron chi connectivity index (χ4n) is 4.10. The van der Waals surface area contributed by atoms with Gasteiger partial charge in [-0.25, -0.2) is 14.2 Å². The van der Waals surface area contributed by atoms with Crippen molar-refractivity contribution in [2.75, 3.05) is 18.6 Å². The lowest BCUT2D eigenvalue weighted by molar-refractivity contribution is -0.139. The molecule has 0 bridgehead atoms. The average molecular weight is 560 g/mol. The summed E-state index contributed by atoms with van der Waals surface area (Å²) in [5, 5.41) is 17.7. The molecule has 40 heavy (non-hydrogen) atoms. The zero-order chi connectivity index (χ0) is 29.0. The molecule has 0 unspecified atom stereocenters. The molecule has 0 aliphatic heterocycles. The third kappa shape index (κ3) is 6.37. The second kappa shape index (κ2) is 11.7. The molecule has 2 heterocycles. The highest BCUT2D eigenvalue weighted by Gasteiger charge is 2.36. The predicted molar refractivity (Wildman–Crippen MR) is 136 cm³/mol. The fourth-order valence-corrected chi connectivity index (χ4v) is 4.10. The van der Waals surface area contributed by atoms with E-state index in [1.165, 1.54) is 24.3 Å². The van der Waals surface area contributed by atoms with Crippen LogP contribution in [0.15, 0.2) is 61.1 Å². The van der Waals surface area contributed by atoms with E-state index < -0.39 is 46.8 Å². The van der Waals surface area contributed by atoms with Crippen LogP contribution in [0.5, 0.6) is 11.6 Å². The Bertz CT molecular complexity index is 1480. The Kier molecular flexibility index (Phi) is 8.33. The maximum absolute atomic E-state index is 15.4. The summed E-state index contributed by atoms with van der Waals surface area (Å²) in [4.78, 5) is 18.8. The number of anilines is 2. The van der Waals surface area contributed by atoms with Crippen molar-refractivity contribution in [1.82, 2.24) is 20.0 Å². The number of ether oxygens (including phenoxy) is 2. The number of methoxy groups -OCH3 is 1. The minimum Gasteiger partial charge on any atom is -0.478 e. The van der Waals surface area contributed by atoms with Crippen molar-refractivity contribution in [3.63, 3.8) is 0 Å². The normalized spacial score (nSPS) is 12.3. The molecule has 0 fully saturated rings. The van der Waals surface area contributed by atoms with E-state index in [1.54, 1.807) is 24.0 Å². The van der Waals surface area contributed by atoms with E-state index >= 15 is 4.39 Å². The number of rotatable bonds is 10. The van der Waals surface area contributed by atoms with Gasteiger partial charge in [0.1, 0.15) is 5.56 Å². The number of benzene rings is 2. The molecular weight excluding hydrogens is 534 g/mol. The van der Waals surface area contributed by atoms with Crippen molar-refractivity contribution in [3.05, 3.63) is 89.1 Å². The van der Waals surface area contributed by atoms with Crippen LogP contribution in [0.4, 0.5) is 28.9 Å². The Morgan fingerprint density at radius 2 is 1.80 bits per heavy atom. The fraction of sp³-hybridized carbons (Fsp3) is 0.259. The van der Waals surface area contributed by atoms with E-state index in [4.69, 9.17) is 9.47 Å². The number of halogens is 4. The molecule has 0 spiro atoms. The standard InChI is InChI=1S/C27H25F4N5O4/c1-16-4-6-19(7-5-16)36(17(2)15-39-3)23-12-22(28)24(11-20(23)26(37)38)40-25-21(27(29,30)31)10-18(13-32-25)14-35-33-8-9-34-35/h4-13,17H,14-15H2,1-3H3,(H,37,38)/t17-/m1/s1. The molecule has 4 rings (SSSR count). The van der Waals surface area contributed by atoms with Gasteiger partial charge in [-0.1, -0.05) is 17.7 Å². The van der Waals surface area contributed by atoms with E-state index in [0.29, 0.717) is 5.69 Å². The molecular formula is C27H25F4N5O4. The largest absolute Gasteiger partial charge is 0.478 e. The zero-order valence-electron chi connectivity index (χ0n) is 21.7. The Morgan fingerprint density at radius 3 is 2.40 bits per heavy atom. The van der Waals surface area contributed by atoms with Crippen LogP contribution >= 0.6 is 0 Å². The minimum absolute atomic E-state index is 0.0307. The van der Waals surface area contributed by atoms with Crippen molar-refractivity contribution in [3.8, 4) is 11.6 Å². The highest BCUT2D eigenvalue weighted by molar-refractivity contribution is 5.96. The first-order valence-corrected chi connectivity index (χ1v) is 12.0. The Hall–Kier alpha value is -4.52. The number of hydrogen-bond donors (Lipinski definition) is 1. The Labute approximate surface area is 226 Å². The second-order valence-corrected chi connectivity index (χ2v) is 8.97. The summed E-state index contributed by atoms with van der Waals surface area (Å²) in [5.74, 6) is -4.19. The summed E-state index contributed by atoms with van der Waals surface area (Å²) in [6.07, 6.45) is -1.04. The summed E-state index contributed by atoms with van der Waals surface area (Å²) in [7, 11) is 1.47. The first-order chi connectivity index (χ1) is 19.0. The molecule has 0 aliphatic rings. The van der Waals surface area contributed by atoms with Crippen LogP contribution in [-0.4, -0.2) is 50.8 Å². The Balaban J connectivity index is 1.77. The number of carboxylic acid groups (broad SMARTS) is 1. The number of pyridine rings is 1. The molecule has 1 atom stereocenters. The van der Waals surface area contributed by atoms with E-state index in [0.717, 1.165) is 30.0 Å². The van der Waals surface area contributed by atoms with Gasteiger partial charge in [-0.3, -0.25) is 0 Å². The number of aryl methyl sites for hydroxylation is 1. The predicted octanol–water partition coefficient (Wildman–Crippen LogP) is 5.85. The van der Waals surface area contributed by atoms with E-state index in [-0.39, 0.29) is 24.4 Å². The number of carboxylic acids is 1. The minimum atomic E-state index is -4.90. The van der Waals surface area contributed by atoms with Crippen molar-refractivity contribution < 1.29 is 36.9 Å². The number of nitrogens with zero attached hydrogens (tertiary/aromatic N) is 5. The summed E-state index contributed by atoms with van der Waals surface area (Å²) in [6, 6.07) is 9.23. The molecule has 0 aliphatic carbocycles. The summed E-state index contributed by atoms with van der Waals surface area (Å²) < 4.78 is 67.6. The molecule has 9 nitrogen and oxygen atoms in total. The van der Waals surface area contributed by atoms with Crippen LogP contribution in [0, 0.1) is 12.7 Å². The first-order valence-electron chi connectivity index (χ1n) is 12.0. The molecule has 0 saturated carbocycles. The Morgan fingerprint density at radius 1 is 1.12 bits per heavy atom. The van der Waals surface area contributed by atoms with Crippen LogP contribution in [0.25, 0.3) is 0 Å². The second-order valence-electron chi connectivity index (χ2n) is 8.97. The van der Waals surface area contributed by atoms with Crippen LogP contribution in [0.3, 0.4) is 0 Å². The third-order valence-electron chi connectivity index (χ3n) is 5.91. The first kappa shape index (κ1) is 28.5. The van der Waals surface area contributed by atoms with Crippen LogP contribution in [0.2, 0.25) is 0 Å². The third-order valence-corrected chi connectivity index (χ3v) is 5.91. The lowest BCUT2D eigenvalue weighted by Gasteiger charge is -2.32. The highest BCUT2D eigenvalue weighted by atomic mass is 19.4. The van der Waals surface area contributed by atoms with Crippen molar-refractivity contribution in [1.29, 1.82) is 0 Å². The topological polar surface area (TPSA) is 103 Å². The monoisotopic (exact) mass is 559 g/mol. The molecule has 0 amide bonds. The van der Waals surface area contributed by atoms with Crippen LogP contribution < -0.4 is 9.64 Å². The average Bonchev–Trinajstić information content (AvgIpc) is 3.40. The number of hydrogen-bond acceptors (Lipinski definition) is 7. The van der Waals surface area contributed by atoms with Gasteiger partial charge in [-0.15, -0.1) is 0 Å². The molecule has 0 radical (unpaired) electrons. The lowest BCUT2D eigenvalue weighted by atomic mass is 10.1. The van der Waals surface area contributed by atoms with Gasteiger partial charge in [0.15, 0.2) is 11.6 Å². The lowest BCUT2D eigenvalue weighted by Crippen LogP contribution is -2.33.